The Balaban J connectivity index is 1.18. The summed E-state index contributed by atoms with van der Waals surface area (Å²) in [5, 5.41) is 5.92. The third-order valence-electron chi connectivity index (χ3n) is 9.41. The normalized spacial score (nSPS) is 19.3. The number of likely N-dealkylation sites (tertiary alicyclic amines) is 1. The van der Waals surface area contributed by atoms with Gasteiger partial charge in [0.1, 0.15) is 18.0 Å². The van der Waals surface area contributed by atoms with Crippen molar-refractivity contribution < 1.29 is 28.7 Å². The molecule has 6 rings (SSSR count). The minimum atomic E-state index is -0.710. The number of fused-ring (bicyclic) bond motifs is 3. The summed E-state index contributed by atoms with van der Waals surface area (Å²) in [4.78, 5) is 62.5. The van der Waals surface area contributed by atoms with Crippen LogP contribution in [0.25, 0.3) is 0 Å². The number of anilines is 2. The second-order valence-electron chi connectivity index (χ2n) is 14.2. The van der Waals surface area contributed by atoms with Crippen molar-refractivity contribution in [3.8, 4) is 0 Å². The number of carbonyl (C=O) groups is 4. The van der Waals surface area contributed by atoms with Gasteiger partial charge in [-0.05, 0) is 80.5 Å². The highest BCUT2D eigenvalue weighted by atomic mass is 16.6. The maximum atomic E-state index is 13.9. The minimum absolute atomic E-state index is 0.0613. The van der Waals surface area contributed by atoms with Gasteiger partial charge in [0.05, 0.1) is 11.5 Å². The lowest BCUT2D eigenvalue weighted by Crippen LogP contribution is -2.45. The molecule has 0 saturated carbocycles. The minimum Gasteiger partial charge on any atom is -0.444 e. The third kappa shape index (κ3) is 7.24. The van der Waals surface area contributed by atoms with Crippen molar-refractivity contribution in [2.75, 3.05) is 44.4 Å². The number of rotatable bonds is 8. The van der Waals surface area contributed by atoms with E-state index in [-0.39, 0.29) is 43.6 Å². The predicted molar refractivity (Wildman–Crippen MR) is 184 cm³/mol. The average molecular weight is 669 g/mol. The van der Waals surface area contributed by atoms with Crippen molar-refractivity contribution in [2.45, 2.75) is 70.2 Å². The van der Waals surface area contributed by atoms with Crippen LogP contribution in [0.1, 0.15) is 55.0 Å². The Hall–Kier alpha value is -4.97. The Morgan fingerprint density at radius 3 is 2.49 bits per heavy atom. The molecule has 258 valence electrons. The zero-order chi connectivity index (χ0) is 34.9. The molecule has 49 heavy (non-hydrogen) atoms. The van der Waals surface area contributed by atoms with Crippen LogP contribution in [-0.4, -0.2) is 89.1 Å². The fourth-order valence-corrected chi connectivity index (χ4v) is 6.94. The summed E-state index contributed by atoms with van der Waals surface area (Å²) in [6.45, 7) is 6.66. The van der Waals surface area contributed by atoms with E-state index in [2.05, 4.69) is 15.6 Å². The van der Waals surface area contributed by atoms with Gasteiger partial charge in [-0.1, -0.05) is 36.4 Å². The standard InChI is InChI=1S/C37H44N6O6/c1-36(2,3)49-35(47)41(4)20-25-9-6-7-10-26(25)21-43(34(46)42-16-14-29(22-42)48-5)23-31(44)39-28-13-12-24-18-37(19-27(24)17-28)30-11-8-15-38-32(30)40-33(37)45/h6-13,15,17,29H,14,16,18-23H2,1-5H3,(H,39,44)(H,38,40,45). The molecule has 1 fully saturated rings. The zero-order valence-corrected chi connectivity index (χ0v) is 28.7. The van der Waals surface area contributed by atoms with Crippen LogP contribution in [0.2, 0.25) is 0 Å². The highest BCUT2D eigenvalue weighted by Gasteiger charge is 2.51. The van der Waals surface area contributed by atoms with E-state index in [1.807, 2.05) is 75.4 Å². The Kier molecular flexibility index (Phi) is 9.35. The Morgan fingerprint density at radius 2 is 1.78 bits per heavy atom. The van der Waals surface area contributed by atoms with Gasteiger partial charge in [-0.3, -0.25) is 9.59 Å². The van der Waals surface area contributed by atoms with Gasteiger partial charge in [-0.2, -0.15) is 0 Å². The van der Waals surface area contributed by atoms with E-state index < -0.39 is 17.1 Å². The SMILES string of the molecule is COC1CCN(C(=O)N(CC(=O)Nc2ccc3c(c2)CC2(C3)C(=O)Nc3ncccc32)Cc2ccccc2CN(C)C(=O)OC(C)(C)C)C1. The summed E-state index contributed by atoms with van der Waals surface area (Å²) in [6, 6.07) is 16.8. The molecule has 0 bridgehead atoms. The van der Waals surface area contributed by atoms with E-state index in [9.17, 15) is 19.2 Å². The molecule has 2 atom stereocenters. The number of amides is 5. The highest BCUT2D eigenvalue weighted by Crippen LogP contribution is 2.47. The number of ether oxygens (including phenoxy) is 2. The molecule has 0 radical (unpaired) electrons. The monoisotopic (exact) mass is 668 g/mol. The fraction of sp³-hybridized carbons (Fsp3) is 0.432. The van der Waals surface area contributed by atoms with Crippen LogP contribution < -0.4 is 10.6 Å². The van der Waals surface area contributed by atoms with Gasteiger partial charge in [-0.15, -0.1) is 0 Å². The predicted octanol–water partition coefficient (Wildman–Crippen LogP) is 4.72. The quantitative estimate of drug-likeness (QED) is 0.355. The molecule has 2 N–H and O–H groups in total. The summed E-state index contributed by atoms with van der Waals surface area (Å²) >= 11 is 0. The molecule has 3 aromatic rings. The van der Waals surface area contributed by atoms with E-state index in [1.165, 1.54) is 9.80 Å². The van der Waals surface area contributed by atoms with Crippen LogP contribution in [0.3, 0.4) is 0 Å². The van der Waals surface area contributed by atoms with Crippen molar-refractivity contribution in [3.63, 3.8) is 0 Å². The average Bonchev–Trinajstić information content (AvgIpc) is 3.76. The van der Waals surface area contributed by atoms with Gasteiger partial charge in [0, 0.05) is 57.8 Å². The molecule has 3 aliphatic rings. The molecule has 1 aromatic heterocycles. The first kappa shape index (κ1) is 33.9. The van der Waals surface area contributed by atoms with Gasteiger partial charge in [-0.25, -0.2) is 14.6 Å². The van der Waals surface area contributed by atoms with Crippen LogP contribution in [0.5, 0.6) is 0 Å². The Morgan fingerprint density at radius 1 is 1.04 bits per heavy atom. The molecule has 2 aromatic carbocycles. The molecule has 2 aliphatic heterocycles. The lowest BCUT2D eigenvalue weighted by Gasteiger charge is -2.29. The number of nitrogens with one attached hydrogen (secondary N) is 2. The van der Waals surface area contributed by atoms with Gasteiger partial charge >= 0.3 is 12.1 Å². The number of pyridine rings is 1. The third-order valence-corrected chi connectivity index (χ3v) is 9.41. The lowest BCUT2D eigenvalue weighted by molar-refractivity contribution is -0.120. The summed E-state index contributed by atoms with van der Waals surface area (Å²) in [7, 11) is 3.30. The number of methoxy groups -OCH3 is 1. The largest absolute Gasteiger partial charge is 0.444 e. The summed E-state index contributed by atoms with van der Waals surface area (Å²) < 4.78 is 11.0. The number of aromatic nitrogens is 1. The first-order chi connectivity index (χ1) is 23.3. The van der Waals surface area contributed by atoms with Crippen LogP contribution in [0.4, 0.5) is 21.1 Å². The van der Waals surface area contributed by atoms with E-state index in [1.54, 1.807) is 25.3 Å². The summed E-state index contributed by atoms with van der Waals surface area (Å²) in [5.74, 6) is 0.193. The molecule has 1 spiro atoms. The maximum Gasteiger partial charge on any atom is 0.410 e. The van der Waals surface area contributed by atoms with E-state index >= 15 is 0 Å². The second kappa shape index (κ2) is 13.5. The van der Waals surface area contributed by atoms with E-state index in [0.717, 1.165) is 27.8 Å². The number of benzene rings is 2. The molecular weight excluding hydrogens is 624 g/mol. The smallest absolute Gasteiger partial charge is 0.410 e. The summed E-state index contributed by atoms with van der Waals surface area (Å²) in [5.41, 5.74) is 3.84. The molecule has 5 amide bonds. The van der Waals surface area contributed by atoms with E-state index in [4.69, 9.17) is 9.47 Å². The van der Waals surface area contributed by atoms with Crippen molar-refractivity contribution in [3.05, 3.63) is 88.6 Å². The molecule has 1 aliphatic carbocycles. The van der Waals surface area contributed by atoms with Crippen LogP contribution in [0, 0.1) is 0 Å². The number of nitrogens with zero attached hydrogens (tertiary/aromatic N) is 4. The van der Waals surface area contributed by atoms with Gasteiger partial charge in [0.2, 0.25) is 11.8 Å². The van der Waals surface area contributed by atoms with Crippen LogP contribution in [-0.2, 0) is 50.4 Å². The van der Waals surface area contributed by atoms with Gasteiger partial charge in [0.25, 0.3) is 0 Å². The van der Waals surface area contributed by atoms with E-state index in [0.29, 0.717) is 43.9 Å². The Bertz CT molecular complexity index is 1770. The molecule has 12 heteroatoms. The number of carbonyl (C=O) groups excluding carboxylic acids is 4. The second-order valence-corrected chi connectivity index (χ2v) is 14.2. The lowest BCUT2D eigenvalue weighted by atomic mass is 9.79. The number of hydrogen-bond acceptors (Lipinski definition) is 7. The fourth-order valence-electron chi connectivity index (χ4n) is 6.94. The van der Waals surface area contributed by atoms with Crippen LogP contribution >= 0.6 is 0 Å². The zero-order valence-electron chi connectivity index (χ0n) is 28.7. The maximum absolute atomic E-state index is 13.9. The Labute approximate surface area is 286 Å². The van der Waals surface area contributed by atoms with Crippen molar-refractivity contribution >= 4 is 35.4 Å². The number of hydrogen-bond donors (Lipinski definition) is 2. The van der Waals surface area contributed by atoms with Crippen molar-refractivity contribution in [1.29, 1.82) is 0 Å². The first-order valence-corrected chi connectivity index (χ1v) is 16.6. The first-order valence-electron chi connectivity index (χ1n) is 16.6. The van der Waals surface area contributed by atoms with Crippen molar-refractivity contribution in [1.82, 2.24) is 19.7 Å². The van der Waals surface area contributed by atoms with Gasteiger partial charge in [0.15, 0.2) is 0 Å². The molecular formula is C37H44N6O6. The van der Waals surface area contributed by atoms with Gasteiger partial charge < -0.3 is 34.8 Å². The van der Waals surface area contributed by atoms with Crippen molar-refractivity contribution in [2.24, 2.45) is 0 Å². The topological polar surface area (TPSA) is 133 Å². The summed E-state index contributed by atoms with van der Waals surface area (Å²) in [6.07, 6.45) is 2.94. The highest BCUT2D eigenvalue weighted by molar-refractivity contribution is 6.06. The molecule has 1 saturated heterocycles. The number of urea groups is 1. The molecule has 3 heterocycles. The van der Waals surface area contributed by atoms with Crippen LogP contribution in [0.15, 0.2) is 60.8 Å². The molecule has 12 nitrogen and oxygen atoms in total. The molecule has 2 unspecified atom stereocenters.